The van der Waals surface area contributed by atoms with E-state index in [0.29, 0.717) is 5.56 Å². The summed E-state index contributed by atoms with van der Waals surface area (Å²) in [5.41, 5.74) is 0.430. The van der Waals surface area contributed by atoms with Gasteiger partial charge in [0.15, 0.2) is 5.76 Å². The van der Waals surface area contributed by atoms with Gasteiger partial charge >= 0.3 is 5.97 Å². The van der Waals surface area contributed by atoms with E-state index in [1.54, 1.807) is 30.3 Å². The summed E-state index contributed by atoms with van der Waals surface area (Å²) in [6, 6.07) is 10.0. The minimum atomic E-state index is -1.23. The molecule has 0 aliphatic heterocycles. The Morgan fingerprint density at radius 1 is 1.20 bits per heavy atom. The number of hydrogen-bond donors (Lipinski definition) is 2. The van der Waals surface area contributed by atoms with Gasteiger partial charge in [0.2, 0.25) is 0 Å². The van der Waals surface area contributed by atoms with E-state index in [0.717, 1.165) is 4.47 Å². The number of carbonyl (C=O) groups excluding carboxylic acids is 1. The molecule has 0 aliphatic rings. The van der Waals surface area contributed by atoms with Crippen molar-refractivity contribution < 1.29 is 19.1 Å². The van der Waals surface area contributed by atoms with Crippen molar-refractivity contribution in [3.63, 3.8) is 0 Å². The standard InChI is InChI=1S/C14H10BrNO4/c15-10-5-3-9(4-6-10)8-11(14(18)19)16-13(17)12-2-1-7-20-12/h1-8H,(H,16,17)(H,18,19)/b11-8-. The second kappa shape index (κ2) is 6.21. The maximum Gasteiger partial charge on any atom is 0.352 e. The number of carboxylic acids is 1. The molecule has 0 unspecified atom stereocenters. The number of rotatable bonds is 4. The van der Waals surface area contributed by atoms with Gasteiger partial charge in [-0.05, 0) is 35.9 Å². The Kier molecular flexibility index (Phi) is 4.37. The summed E-state index contributed by atoms with van der Waals surface area (Å²) >= 11 is 3.29. The normalized spacial score (nSPS) is 11.2. The third kappa shape index (κ3) is 3.58. The predicted octanol–water partition coefficient (Wildman–Crippen LogP) is 2.90. The third-order valence-corrected chi connectivity index (χ3v) is 2.93. The van der Waals surface area contributed by atoms with Crippen LogP contribution >= 0.6 is 15.9 Å². The lowest BCUT2D eigenvalue weighted by Gasteiger charge is -2.04. The van der Waals surface area contributed by atoms with Gasteiger partial charge in [-0.25, -0.2) is 4.79 Å². The summed E-state index contributed by atoms with van der Waals surface area (Å²) < 4.78 is 5.78. The summed E-state index contributed by atoms with van der Waals surface area (Å²) in [6.45, 7) is 0. The minimum absolute atomic E-state index is 0.0490. The van der Waals surface area contributed by atoms with Crippen LogP contribution in [0.15, 0.2) is 57.2 Å². The zero-order chi connectivity index (χ0) is 14.5. The number of halogens is 1. The van der Waals surface area contributed by atoms with Crippen LogP contribution in [0.4, 0.5) is 0 Å². The predicted molar refractivity (Wildman–Crippen MR) is 75.9 cm³/mol. The van der Waals surface area contributed by atoms with E-state index in [1.807, 2.05) is 0 Å². The molecule has 0 spiro atoms. The van der Waals surface area contributed by atoms with E-state index in [1.165, 1.54) is 18.4 Å². The molecule has 0 atom stereocenters. The fraction of sp³-hybridized carbons (Fsp3) is 0. The lowest BCUT2D eigenvalue weighted by atomic mass is 10.2. The van der Waals surface area contributed by atoms with Crippen molar-refractivity contribution >= 4 is 33.9 Å². The molecule has 2 rings (SSSR count). The van der Waals surface area contributed by atoms with Gasteiger partial charge in [0.25, 0.3) is 5.91 Å². The Morgan fingerprint density at radius 2 is 1.90 bits per heavy atom. The molecule has 6 heteroatoms. The second-order valence-electron chi connectivity index (χ2n) is 3.85. The van der Waals surface area contributed by atoms with Crippen molar-refractivity contribution in [2.75, 3.05) is 0 Å². The average molecular weight is 336 g/mol. The van der Waals surface area contributed by atoms with E-state index < -0.39 is 11.9 Å². The van der Waals surface area contributed by atoms with Gasteiger partial charge in [0.05, 0.1) is 6.26 Å². The Morgan fingerprint density at radius 3 is 2.45 bits per heavy atom. The first-order valence-electron chi connectivity index (χ1n) is 5.61. The lowest BCUT2D eigenvalue weighted by Crippen LogP contribution is -2.26. The minimum Gasteiger partial charge on any atom is -0.477 e. The van der Waals surface area contributed by atoms with Gasteiger partial charge in [-0.3, -0.25) is 4.79 Å². The van der Waals surface area contributed by atoms with Crippen molar-refractivity contribution in [3.05, 3.63) is 64.2 Å². The van der Waals surface area contributed by atoms with Crippen molar-refractivity contribution in [1.82, 2.24) is 5.32 Å². The molecule has 0 aliphatic carbocycles. The number of benzene rings is 1. The molecule has 20 heavy (non-hydrogen) atoms. The van der Waals surface area contributed by atoms with Crippen molar-refractivity contribution in [2.24, 2.45) is 0 Å². The number of hydrogen-bond acceptors (Lipinski definition) is 3. The molecule has 5 nitrogen and oxygen atoms in total. The van der Waals surface area contributed by atoms with Crippen molar-refractivity contribution in [3.8, 4) is 0 Å². The van der Waals surface area contributed by atoms with Gasteiger partial charge in [0, 0.05) is 4.47 Å². The van der Waals surface area contributed by atoms with Gasteiger partial charge in [-0.2, -0.15) is 0 Å². The van der Waals surface area contributed by atoms with E-state index >= 15 is 0 Å². The zero-order valence-electron chi connectivity index (χ0n) is 10.2. The van der Waals surface area contributed by atoms with Crippen LogP contribution in [0.2, 0.25) is 0 Å². The van der Waals surface area contributed by atoms with E-state index in [-0.39, 0.29) is 11.5 Å². The quantitative estimate of drug-likeness (QED) is 0.842. The summed E-state index contributed by atoms with van der Waals surface area (Å²) in [7, 11) is 0. The van der Waals surface area contributed by atoms with E-state index in [4.69, 9.17) is 9.52 Å². The maximum absolute atomic E-state index is 11.7. The van der Waals surface area contributed by atoms with Crippen LogP contribution in [0.25, 0.3) is 6.08 Å². The molecular formula is C14H10BrNO4. The zero-order valence-corrected chi connectivity index (χ0v) is 11.8. The highest BCUT2D eigenvalue weighted by molar-refractivity contribution is 9.10. The molecule has 0 bridgehead atoms. The number of aliphatic carboxylic acids is 1. The van der Waals surface area contributed by atoms with E-state index in [9.17, 15) is 9.59 Å². The van der Waals surface area contributed by atoms with Gasteiger partial charge < -0.3 is 14.8 Å². The molecule has 0 fully saturated rings. The molecule has 0 saturated heterocycles. The fourth-order valence-electron chi connectivity index (χ4n) is 1.47. The topological polar surface area (TPSA) is 79.5 Å². The SMILES string of the molecule is O=C(O)/C(=C/c1ccc(Br)cc1)NC(=O)c1ccco1. The smallest absolute Gasteiger partial charge is 0.352 e. The number of carbonyl (C=O) groups is 2. The summed E-state index contributed by atoms with van der Waals surface area (Å²) in [5, 5.41) is 11.4. The number of amides is 1. The number of furan rings is 1. The lowest BCUT2D eigenvalue weighted by molar-refractivity contribution is -0.132. The highest BCUT2D eigenvalue weighted by atomic mass is 79.9. The summed E-state index contributed by atoms with van der Waals surface area (Å²) in [4.78, 5) is 22.9. The van der Waals surface area contributed by atoms with Gasteiger partial charge in [-0.15, -0.1) is 0 Å². The van der Waals surface area contributed by atoms with E-state index in [2.05, 4.69) is 21.2 Å². The molecule has 102 valence electrons. The highest BCUT2D eigenvalue weighted by Crippen LogP contribution is 2.13. The molecule has 0 radical (unpaired) electrons. The average Bonchev–Trinajstić information content (AvgIpc) is 2.94. The van der Waals surface area contributed by atoms with Crippen LogP contribution in [0, 0.1) is 0 Å². The van der Waals surface area contributed by atoms with Gasteiger partial charge in [0.1, 0.15) is 5.70 Å². The molecule has 1 aromatic carbocycles. The Bertz CT molecular complexity index is 644. The van der Waals surface area contributed by atoms with Crippen molar-refractivity contribution in [1.29, 1.82) is 0 Å². The Labute approximate surface area is 123 Å². The first kappa shape index (κ1) is 14.1. The molecule has 2 N–H and O–H groups in total. The first-order valence-corrected chi connectivity index (χ1v) is 6.41. The molecule has 1 amide bonds. The number of carboxylic acid groups (broad SMARTS) is 1. The second-order valence-corrected chi connectivity index (χ2v) is 4.76. The summed E-state index contributed by atoms with van der Waals surface area (Å²) in [6.07, 6.45) is 2.71. The van der Waals surface area contributed by atoms with Crippen LogP contribution in [0.3, 0.4) is 0 Å². The fourth-order valence-corrected chi connectivity index (χ4v) is 1.73. The molecule has 1 heterocycles. The van der Waals surface area contributed by atoms with Crippen LogP contribution in [0.5, 0.6) is 0 Å². The molecule has 0 saturated carbocycles. The Hall–Kier alpha value is -2.34. The van der Waals surface area contributed by atoms with Crippen LogP contribution < -0.4 is 5.32 Å². The maximum atomic E-state index is 11.7. The summed E-state index contributed by atoms with van der Waals surface area (Å²) in [5.74, 6) is -1.79. The number of nitrogens with one attached hydrogen (secondary N) is 1. The van der Waals surface area contributed by atoms with Crippen LogP contribution in [-0.2, 0) is 4.79 Å². The molecular weight excluding hydrogens is 326 g/mol. The highest BCUT2D eigenvalue weighted by Gasteiger charge is 2.15. The first-order chi connectivity index (χ1) is 9.56. The molecule has 1 aromatic heterocycles. The van der Waals surface area contributed by atoms with Crippen LogP contribution in [-0.4, -0.2) is 17.0 Å². The van der Waals surface area contributed by atoms with Crippen molar-refractivity contribution in [2.45, 2.75) is 0 Å². The Balaban J connectivity index is 2.21. The van der Waals surface area contributed by atoms with Crippen LogP contribution in [0.1, 0.15) is 16.1 Å². The van der Waals surface area contributed by atoms with Gasteiger partial charge in [-0.1, -0.05) is 28.1 Å². The monoisotopic (exact) mass is 335 g/mol. The third-order valence-electron chi connectivity index (χ3n) is 2.40. The molecule has 2 aromatic rings. The largest absolute Gasteiger partial charge is 0.477 e.